The van der Waals surface area contributed by atoms with E-state index in [1.165, 1.54) is 5.57 Å². The number of rotatable bonds is 1. The number of nitrogens with one attached hydrogen (secondary N) is 1. The minimum Gasteiger partial charge on any atom is -0.351 e. The van der Waals surface area contributed by atoms with Gasteiger partial charge in [0.1, 0.15) is 0 Å². The maximum absolute atomic E-state index is 4.40. The second-order valence-corrected chi connectivity index (χ2v) is 2.70. The van der Waals surface area contributed by atoms with Gasteiger partial charge in [0, 0.05) is 6.20 Å². The van der Waals surface area contributed by atoms with Crippen molar-refractivity contribution in [1.82, 2.24) is 5.32 Å². The lowest BCUT2D eigenvalue weighted by atomic mass is 10.1. The van der Waals surface area contributed by atoms with Crippen LogP contribution in [0.15, 0.2) is 28.9 Å². The molecule has 2 nitrogen and oxygen atoms in total. The first-order valence-corrected chi connectivity index (χ1v) is 3.84. The molecule has 60 valence electrons. The first kappa shape index (κ1) is 8.05. The van der Waals surface area contributed by atoms with Gasteiger partial charge in [0.05, 0.1) is 11.9 Å². The summed E-state index contributed by atoms with van der Waals surface area (Å²) in [6.45, 7) is 6.10. The molecule has 1 aliphatic rings. The van der Waals surface area contributed by atoms with Crippen LogP contribution in [0.4, 0.5) is 0 Å². The third-order valence-corrected chi connectivity index (χ3v) is 1.83. The number of hydrogen-bond acceptors (Lipinski definition) is 2. The maximum Gasteiger partial charge on any atom is 0.0982 e. The lowest BCUT2D eigenvalue weighted by Gasteiger charge is -2.14. The molecule has 0 fully saturated rings. The van der Waals surface area contributed by atoms with Crippen molar-refractivity contribution in [2.24, 2.45) is 4.99 Å². The predicted molar refractivity (Wildman–Crippen MR) is 48.6 cm³/mol. The molecule has 0 aromatic heterocycles. The average molecular weight is 150 g/mol. The third-order valence-electron chi connectivity index (χ3n) is 1.83. The van der Waals surface area contributed by atoms with Crippen molar-refractivity contribution in [3.05, 3.63) is 23.9 Å². The van der Waals surface area contributed by atoms with Gasteiger partial charge < -0.3 is 5.32 Å². The second-order valence-electron chi connectivity index (χ2n) is 2.70. The molecule has 0 aromatic carbocycles. The molecule has 0 aliphatic carbocycles. The van der Waals surface area contributed by atoms with E-state index in [4.69, 9.17) is 0 Å². The van der Waals surface area contributed by atoms with Crippen LogP contribution in [0.5, 0.6) is 0 Å². The standard InChI is InChI=1S/C9H14N2/c1-4-7(2)9-5-6-10-8(3)11-9/h4-6,9H,1-3H3,(H,10,11)/b7-4+. The van der Waals surface area contributed by atoms with Gasteiger partial charge in [-0.2, -0.15) is 0 Å². The molecule has 0 radical (unpaired) electrons. The molecule has 1 atom stereocenters. The van der Waals surface area contributed by atoms with Gasteiger partial charge in [-0.05, 0) is 32.4 Å². The van der Waals surface area contributed by atoms with Gasteiger partial charge in [0.2, 0.25) is 0 Å². The highest BCUT2D eigenvalue weighted by molar-refractivity contribution is 5.81. The van der Waals surface area contributed by atoms with Crippen LogP contribution in [-0.2, 0) is 0 Å². The summed E-state index contributed by atoms with van der Waals surface area (Å²) in [4.78, 5) is 4.40. The van der Waals surface area contributed by atoms with Crippen molar-refractivity contribution in [3.63, 3.8) is 0 Å². The van der Waals surface area contributed by atoms with E-state index in [0.29, 0.717) is 0 Å². The highest BCUT2D eigenvalue weighted by Gasteiger charge is 2.06. The Balaban J connectivity index is 2.73. The van der Waals surface area contributed by atoms with Gasteiger partial charge in [-0.3, -0.25) is 4.99 Å². The summed E-state index contributed by atoms with van der Waals surface area (Å²) in [5.41, 5.74) is 1.29. The van der Waals surface area contributed by atoms with E-state index < -0.39 is 0 Å². The van der Waals surface area contributed by atoms with Crippen LogP contribution in [-0.4, -0.2) is 11.9 Å². The van der Waals surface area contributed by atoms with Crippen LogP contribution >= 0.6 is 0 Å². The predicted octanol–water partition coefficient (Wildman–Crippen LogP) is 1.86. The molecule has 1 N–H and O–H groups in total. The molecule has 1 aliphatic heterocycles. The Morgan fingerprint density at radius 2 is 2.45 bits per heavy atom. The van der Waals surface area contributed by atoms with Crippen LogP contribution in [0.2, 0.25) is 0 Å². The summed E-state index contributed by atoms with van der Waals surface area (Å²) in [5.74, 6) is 0.985. The first-order valence-electron chi connectivity index (χ1n) is 3.84. The van der Waals surface area contributed by atoms with Gasteiger partial charge in [-0.25, -0.2) is 0 Å². The Kier molecular flexibility index (Phi) is 2.47. The normalized spacial score (nSPS) is 24.5. The molecule has 1 heterocycles. The van der Waals surface area contributed by atoms with Crippen LogP contribution in [0, 0.1) is 0 Å². The quantitative estimate of drug-likeness (QED) is 0.567. The number of allylic oxidation sites excluding steroid dienone is 1. The largest absolute Gasteiger partial charge is 0.351 e. The zero-order valence-corrected chi connectivity index (χ0v) is 7.26. The van der Waals surface area contributed by atoms with Crippen LogP contribution in [0.3, 0.4) is 0 Å². The smallest absolute Gasteiger partial charge is 0.0982 e. The van der Waals surface area contributed by atoms with Crippen LogP contribution in [0.25, 0.3) is 0 Å². The van der Waals surface area contributed by atoms with E-state index in [0.717, 1.165) is 5.84 Å². The summed E-state index contributed by atoms with van der Waals surface area (Å²) in [7, 11) is 0. The Morgan fingerprint density at radius 3 is 3.00 bits per heavy atom. The van der Waals surface area contributed by atoms with Crippen molar-refractivity contribution in [3.8, 4) is 0 Å². The lowest BCUT2D eigenvalue weighted by Crippen LogP contribution is -2.22. The molecule has 0 saturated heterocycles. The zero-order valence-electron chi connectivity index (χ0n) is 7.26. The van der Waals surface area contributed by atoms with Crippen molar-refractivity contribution >= 4 is 5.84 Å². The summed E-state index contributed by atoms with van der Waals surface area (Å²) < 4.78 is 0. The fourth-order valence-electron chi connectivity index (χ4n) is 0.973. The number of aliphatic imine (C=N–C) groups is 1. The number of amidine groups is 1. The Morgan fingerprint density at radius 1 is 1.73 bits per heavy atom. The summed E-state index contributed by atoms with van der Waals surface area (Å²) >= 11 is 0. The molecule has 0 saturated carbocycles. The van der Waals surface area contributed by atoms with E-state index >= 15 is 0 Å². The van der Waals surface area contributed by atoms with Crippen molar-refractivity contribution < 1.29 is 0 Å². The molecule has 0 amide bonds. The van der Waals surface area contributed by atoms with Crippen LogP contribution in [0.1, 0.15) is 20.8 Å². The molecule has 2 heteroatoms. The fraction of sp³-hybridized carbons (Fsp3) is 0.444. The van der Waals surface area contributed by atoms with Crippen molar-refractivity contribution in [2.75, 3.05) is 0 Å². The van der Waals surface area contributed by atoms with E-state index in [1.54, 1.807) is 0 Å². The van der Waals surface area contributed by atoms with E-state index in [2.05, 4.69) is 29.4 Å². The molecule has 0 bridgehead atoms. The SMILES string of the molecule is C/C=C(\C)C1C=CNC(C)=N1. The second kappa shape index (κ2) is 3.37. The summed E-state index contributed by atoms with van der Waals surface area (Å²) in [6.07, 6.45) is 6.10. The van der Waals surface area contributed by atoms with E-state index in [-0.39, 0.29) is 6.04 Å². The van der Waals surface area contributed by atoms with Gasteiger partial charge in [-0.15, -0.1) is 0 Å². The third kappa shape index (κ3) is 1.93. The van der Waals surface area contributed by atoms with Gasteiger partial charge in [-0.1, -0.05) is 6.08 Å². The minimum atomic E-state index is 0.251. The van der Waals surface area contributed by atoms with E-state index in [1.807, 2.05) is 20.0 Å². The van der Waals surface area contributed by atoms with E-state index in [9.17, 15) is 0 Å². The molecular formula is C9H14N2. The van der Waals surface area contributed by atoms with Gasteiger partial charge >= 0.3 is 0 Å². The van der Waals surface area contributed by atoms with Crippen LogP contribution < -0.4 is 5.32 Å². The zero-order chi connectivity index (χ0) is 8.27. The minimum absolute atomic E-state index is 0.251. The highest BCUT2D eigenvalue weighted by Crippen LogP contribution is 2.09. The molecular weight excluding hydrogens is 136 g/mol. The highest BCUT2D eigenvalue weighted by atomic mass is 15.0. The molecule has 11 heavy (non-hydrogen) atoms. The number of hydrogen-bond donors (Lipinski definition) is 1. The molecule has 0 spiro atoms. The number of nitrogens with zero attached hydrogens (tertiary/aromatic N) is 1. The van der Waals surface area contributed by atoms with Gasteiger partial charge in [0.25, 0.3) is 0 Å². The van der Waals surface area contributed by atoms with Crippen molar-refractivity contribution in [1.29, 1.82) is 0 Å². The average Bonchev–Trinajstić information content (AvgIpc) is 2.03. The monoisotopic (exact) mass is 150 g/mol. The Labute approximate surface area is 67.7 Å². The molecule has 1 rings (SSSR count). The molecule has 1 unspecified atom stereocenters. The maximum atomic E-state index is 4.40. The Hall–Kier alpha value is -1.05. The Bertz CT molecular complexity index is 224. The summed E-state index contributed by atoms with van der Waals surface area (Å²) in [6, 6.07) is 0.251. The lowest BCUT2D eigenvalue weighted by molar-refractivity contribution is 0.900. The van der Waals surface area contributed by atoms with Gasteiger partial charge in [0.15, 0.2) is 0 Å². The topological polar surface area (TPSA) is 24.4 Å². The fourth-order valence-corrected chi connectivity index (χ4v) is 0.973. The first-order chi connectivity index (χ1) is 5.24. The van der Waals surface area contributed by atoms with Crippen molar-refractivity contribution in [2.45, 2.75) is 26.8 Å². The summed E-state index contributed by atoms with van der Waals surface area (Å²) in [5, 5.41) is 3.03. The molecule has 0 aromatic rings.